The minimum atomic E-state index is -0.386. The molecule has 2 rings (SSSR count). The van der Waals surface area contributed by atoms with Crippen molar-refractivity contribution in [2.45, 2.75) is 26.6 Å². The highest BCUT2D eigenvalue weighted by Crippen LogP contribution is 2.05. The van der Waals surface area contributed by atoms with Gasteiger partial charge in [0.15, 0.2) is 0 Å². The van der Waals surface area contributed by atoms with E-state index in [0.717, 1.165) is 17.9 Å². The second kappa shape index (κ2) is 7.25. The summed E-state index contributed by atoms with van der Waals surface area (Å²) in [6.45, 7) is 3.39. The molecular weight excluding hydrogens is 269 g/mol. The predicted octanol–water partition coefficient (Wildman–Crippen LogP) is 1.61. The van der Waals surface area contributed by atoms with Crippen molar-refractivity contribution in [1.29, 1.82) is 0 Å². The van der Waals surface area contributed by atoms with Crippen molar-refractivity contribution in [1.82, 2.24) is 24.9 Å². The van der Waals surface area contributed by atoms with E-state index in [1.807, 2.05) is 30.9 Å². The molecule has 0 atom stereocenters. The fraction of sp³-hybridized carbons (Fsp3) is 0.500. The molecule has 2 heterocycles. The van der Waals surface area contributed by atoms with Crippen molar-refractivity contribution in [3.05, 3.63) is 35.4 Å². The lowest BCUT2D eigenvalue weighted by Gasteiger charge is -2.05. The molecule has 2 aromatic rings. The van der Waals surface area contributed by atoms with Crippen LogP contribution in [0.4, 0.5) is 4.39 Å². The quantitative estimate of drug-likeness (QED) is 0.878. The second-order valence-corrected chi connectivity index (χ2v) is 4.26. The number of hydrogen-bond acceptors (Lipinski definition) is 3. The van der Waals surface area contributed by atoms with E-state index in [1.54, 1.807) is 10.9 Å². The van der Waals surface area contributed by atoms with Crippen LogP contribution in [0.1, 0.15) is 17.0 Å². The van der Waals surface area contributed by atoms with Gasteiger partial charge in [0.05, 0.1) is 24.1 Å². The summed E-state index contributed by atoms with van der Waals surface area (Å²) < 4.78 is 15.6. The minimum absolute atomic E-state index is 0. The fourth-order valence-electron chi connectivity index (χ4n) is 1.84. The number of alkyl halides is 1. The molecule has 0 fully saturated rings. The summed E-state index contributed by atoms with van der Waals surface area (Å²) in [6.07, 6.45) is 3.65. The summed E-state index contributed by atoms with van der Waals surface area (Å²) in [6, 6.07) is 1.90. The van der Waals surface area contributed by atoms with Gasteiger partial charge in [0.25, 0.3) is 0 Å². The average molecular weight is 288 g/mol. The van der Waals surface area contributed by atoms with Crippen LogP contribution < -0.4 is 5.32 Å². The van der Waals surface area contributed by atoms with Gasteiger partial charge in [-0.05, 0) is 18.6 Å². The van der Waals surface area contributed by atoms with Crippen LogP contribution in [0.2, 0.25) is 0 Å². The van der Waals surface area contributed by atoms with Crippen LogP contribution >= 0.6 is 12.4 Å². The molecule has 19 heavy (non-hydrogen) atoms. The number of nitrogens with one attached hydrogen (secondary N) is 1. The molecule has 0 aromatic carbocycles. The monoisotopic (exact) mass is 287 g/mol. The van der Waals surface area contributed by atoms with Gasteiger partial charge in [-0.15, -0.1) is 12.4 Å². The molecule has 0 radical (unpaired) electrons. The molecule has 2 aromatic heterocycles. The van der Waals surface area contributed by atoms with Gasteiger partial charge in [-0.25, -0.2) is 4.39 Å². The first-order valence-electron chi connectivity index (χ1n) is 5.97. The molecule has 0 amide bonds. The van der Waals surface area contributed by atoms with Crippen LogP contribution in [0.25, 0.3) is 0 Å². The number of aromatic nitrogens is 4. The van der Waals surface area contributed by atoms with E-state index in [4.69, 9.17) is 0 Å². The molecule has 0 unspecified atom stereocenters. The third kappa shape index (κ3) is 4.04. The highest BCUT2D eigenvalue weighted by Gasteiger charge is 2.04. The van der Waals surface area contributed by atoms with Crippen LogP contribution in [-0.2, 0) is 26.7 Å². The van der Waals surface area contributed by atoms with Gasteiger partial charge in [0.1, 0.15) is 6.67 Å². The van der Waals surface area contributed by atoms with Gasteiger partial charge >= 0.3 is 0 Å². The lowest BCUT2D eigenvalue weighted by Crippen LogP contribution is -2.16. The largest absolute Gasteiger partial charge is 0.305 e. The van der Waals surface area contributed by atoms with Crippen LogP contribution in [0, 0.1) is 6.92 Å². The average Bonchev–Trinajstić information content (AvgIpc) is 2.91. The maximum absolute atomic E-state index is 12.1. The molecule has 0 spiro atoms. The standard InChI is InChI=1S/C12H18FN5.ClH/c1-10-7-15-17(2)12(10)9-14-8-11-3-5-18(16-11)6-4-13;/h3,5,7,14H,4,6,8-9H2,1-2H3;1H. The Kier molecular flexibility index (Phi) is 5.98. The van der Waals surface area contributed by atoms with Crippen LogP contribution in [0.3, 0.4) is 0 Å². The SMILES string of the molecule is Cc1cnn(C)c1CNCc1ccn(CCF)n1.Cl. The number of rotatable bonds is 6. The Balaban J connectivity index is 0.00000180. The van der Waals surface area contributed by atoms with E-state index in [2.05, 4.69) is 15.5 Å². The number of nitrogens with zero attached hydrogens (tertiary/aromatic N) is 4. The van der Waals surface area contributed by atoms with Gasteiger partial charge in [-0.3, -0.25) is 9.36 Å². The van der Waals surface area contributed by atoms with Crippen molar-refractivity contribution in [3.63, 3.8) is 0 Å². The Hall–Kier alpha value is -1.40. The molecular formula is C12H19ClFN5. The first-order chi connectivity index (χ1) is 8.70. The lowest BCUT2D eigenvalue weighted by atomic mass is 10.2. The summed E-state index contributed by atoms with van der Waals surface area (Å²) in [4.78, 5) is 0. The molecule has 0 aliphatic rings. The van der Waals surface area contributed by atoms with Crippen LogP contribution in [0.5, 0.6) is 0 Å². The molecule has 0 aliphatic carbocycles. The summed E-state index contributed by atoms with van der Waals surface area (Å²) in [7, 11) is 1.93. The van der Waals surface area contributed by atoms with Crippen molar-refractivity contribution in [3.8, 4) is 0 Å². The number of aryl methyl sites for hydroxylation is 3. The highest BCUT2D eigenvalue weighted by atomic mass is 35.5. The van der Waals surface area contributed by atoms with E-state index in [0.29, 0.717) is 13.1 Å². The van der Waals surface area contributed by atoms with Gasteiger partial charge in [-0.1, -0.05) is 0 Å². The molecule has 0 saturated heterocycles. The van der Waals surface area contributed by atoms with Crippen LogP contribution in [-0.4, -0.2) is 26.2 Å². The van der Waals surface area contributed by atoms with Crippen molar-refractivity contribution in [2.24, 2.45) is 7.05 Å². The van der Waals surface area contributed by atoms with Gasteiger partial charge in [0, 0.05) is 26.3 Å². The number of halogens is 2. The summed E-state index contributed by atoms with van der Waals surface area (Å²) in [5, 5.41) is 11.8. The Morgan fingerprint density at radius 1 is 1.37 bits per heavy atom. The summed E-state index contributed by atoms with van der Waals surface area (Å²) in [5.41, 5.74) is 3.26. The van der Waals surface area contributed by atoms with E-state index < -0.39 is 0 Å². The summed E-state index contributed by atoms with van der Waals surface area (Å²) in [5.74, 6) is 0. The predicted molar refractivity (Wildman–Crippen MR) is 73.9 cm³/mol. The molecule has 0 saturated carbocycles. The van der Waals surface area contributed by atoms with Gasteiger partial charge < -0.3 is 5.32 Å². The van der Waals surface area contributed by atoms with E-state index >= 15 is 0 Å². The smallest absolute Gasteiger partial charge is 0.109 e. The van der Waals surface area contributed by atoms with E-state index in [1.165, 1.54) is 5.56 Å². The Bertz CT molecular complexity index is 488. The van der Waals surface area contributed by atoms with Crippen molar-refractivity contribution in [2.75, 3.05) is 6.67 Å². The van der Waals surface area contributed by atoms with E-state index in [-0.39, 0.29) is 19.1 Å². The van der Waals surface area contributed by atoms with Gasteiger partial charge in [0.2, 0.25) is 0 Å². The third-order valence-electron chi connectivity index (χ3n) is 2.88. The second-order valence-electron chi connectivity index (χ2n) is 4.26. The first kappa shape index (κ1) is 15.7. The fourth-order valence-corrected chi connectivity index (χ4v) is 1.84. The van der Waals surface area contributed by atoms with Crippen molar-refractivity contribution < 1.29 is 4.39 Å². The van der Waals surface area contributed by atoms with E-state index in [9.17, 15) is 4.39 Å². The topological polar surface area (TPSA) is 47.7 Å². The molecule has 5 nitrogen and oxygen atoms in total. The Labute approximate surface area is 118 Å². The molecule has 106 valence electrons. The van der Waals surface area contributed by atoms with Crippen LogP contribution in [0.15, 0.2) is 18.5 Å². The lowest BCUT2D eigenvalue weighted by molar-refractivity contribution is 0.425. The molecule has 1 N–H and O–H groups in total. The Morgan fingerprint density at radius 3 is 2.79 bits per heavy atom. The normalized spacial score (nSPS) is 10.5. The zero-order valence-corrected chi connectivity index (χ0v) is 12.0. The zero-order chi connectivity index (χ0) is 13.0. The van der Waals surface area contributed by atoms with Gasteiger partial charge in [-0.2, -0.15) is 10.2 Å². The van der Waals surface area contributed by atoms with Crippen molar-refractivity contribution >= 4 is 12.4 Å². The molecule has 0 bridgehead atoms. The Morgan fingerprint density at radius 2 is 2.16 bits per heavy atom. The maximum atomic E-state index is 12.1. The zero-order valence-electron chi connectivity index (χ0n) is 11.1. The first-order valence-corrected chi connectivity index (χ1v) is 5.97. The maximum Gasteiger partial charge on any atom is 0.109 e. The molecule has 7 heteroatoms. The number of hydrogen-bond donors (Lipinski definition) is 1. The summed E-state index contributed by atoms with van der Waals surface area (Å²) >= 11 is 0. The third-order valence-corrected chi connectivity index (χ3v) is 2.88. The minimum Gasteiger partial charge on any atom is -0.305 e. The highest BCUT2D eigenvalue weighted by molar-refractivity contribution is 5.85. The molecule has 0 aliphatic heterocycles.